The first-order valence-corrected chi connectivity index (χ1v) is 9.38. The molecule has 7 heteroatoms. The number of anilines is 1. The zero-order valence-electron chi connectivity index (χ0n) is 15.8. The number of para-hydroxylation sites is 1. The molecule has 146 valence electrons. The Kier molecular flexibility index (Phi) is 6.02. The van der Waals surface area contributed by atoms with Gasteiger partial charge in [-0.1, -0.05) is 36.7 Å². The third kappa shape index (κ3) is 3.74. The van der Waals surface area contributed by atoms with Crippen LogP contribution in [0.1, 0.15) is 34.5 Å². The normalized spacial score (nSPS) is 12.0. The standard InChI is InChI=1S/C21H23ClN4O2/c1-3-12-11-25-20-14(5-4-6-15(20)21(24)27)19(12)26-17(10-23)13-7-8-18(28-2)16(22)9-13/h4-9,11,17H,3,10,23H2,1-2H3,(H2,24,27)(H,25,26)/t17-/m1/s1. The Labute approximate surface area is 168 Å². The lowest BCUT2D eigenvalue weighted by Crippen LogP contribution is -2.22. The van der Waals surface area contributed by atoms with E-state index in [9.17, 15) is 4.79 Å². The van der Waals surface area contributed by atoms with E-state index in [1.807, 2.05) is 31.2 Å². The Morgan fingerprint density at radius 2 is 2.11 bits per heavy atom. The second-order valence-corrected chi connectivity index (χ2v) is 6.81. The predicted molar refractivity (Wildman–Crippen MR) is 113 cm³/mol. The average Bonchev–Trinajstić information content (AvgIpc) is 2.71. The number of methoxy groups -OCH3 is 1. The van der Waals surface area contributed by atoms with Crippen molar-refractivity contribution in [2.75, 3.05) is 19.0 Å². The molecule has 5 N–H and O–H groups in total. The number of amides is 1. The van der Waals surface area contributed by atoms with Crippen molar-refractivity contribution in [1.82, 2.24) is 4.98 Å². The van der Waals surface area contributed by atoms with Crippen LogP contribution >= 0.6 is 11.6 Å². The van der Waals surface area contributed by atoms with Gasteiger partial charge in [-0.3, -0.25) is 9.78 Å². The summed E-state index contributed by atoms with van der Waals surface area (Å²) in [4.78, 5) is 16.3. The van der Waals surface area contributed by atoms with Crippen molar-refractivity contribution in [3.63, 3.8) is 0 Å². The van der Waals surface area contributed by atoms with Crippen LogP contribution in [-0.4, -0.2) is 24.5 Å². The highest BCUT2D eigenvalue weighted by Gasteiger charge is 2.18. The third-order valence-corrected chi connectivity index (χ3v) is 5.05. The summed E-state index contributed by atoms with van der Waals surface area (Å²) in [6.45, 7) is 2.40. The van der Waals surface area contributed by atoms with E-state index in [-0.39, 0.29) is 6.04 Å². The molecule has 1 amide bonds. The fourth-order valence-corrected chi connectivity index (χ4v) is 3.52. The molecule has 3 rings (SSSR count). The van der Waals surface area contributed by atoms with Crippen LogP contribution in [0.25, 0.3) is 10.9 Å². The first kappa shape index (κ1) is 19.9. The highest BCUT2D eigenvalue weighted by atomic mass is 35.5. The Balaban J connectivity index is 2.10. The molecule has 0 radical (unpaired) electrons. The van der Waals surface area contributed by atoms with Gasteiger partial charge in [0.25, 0.3) is 5.91 Å². The van der Waals surface area contributed by atoms with Gasteiger partial charge in [-0.15, -0.1) is 0 Å². The maximum absolute atomic E-state index is 11.8. The second-order valence-electron chi connectivity index (χ2n) is 6.40. The van der Waals surface area contributed by atoms with Gasteiger partial charge in [-0.25, -0.2) is 0 Å². The van der Waals surface area contributed by atoms with Crippen LogP contribution in [0, 0.1) is 0 Å². The number of hydrogen-bond acceptors (Lipinski definition) is 5. The highest BCUT2D eigenvalue weighted by Crippen LogP contribution is 2.33. The maximum Gasteiger partial charge on any atom is 0.250 e. The average molecular weight is 399 g/mol. The van der Waals surface area contributed by atoms with Crippen molar-refractivity contribution in [3.05, 3.63) is 64.3 Å². The minimum absolute atomic E-state index is 0.184. The lowest BCUT2D eigenvalue weighted by atomic mass is 10.0. The van der Waals surface area contributed by atoms with Crippen LogP contribution < -0.4 is 21.5 Å². The van der Waals surface area contributed by atoms with Crippen LogP contribution in [0.4, 0.5) is 5.69 Å². The number of carbonyl (C=O) groups excluding carboxylic acids is 1. The highest BCUT2D eigenvalue weighted by molar-refractivity contribution is 6.32. The summed E-state index contributed by atoms with van der Waals surface area (Å²) in [5.74, 6) is 0.0986. The fourth-order valence-electron chi connectivity index (χ4n) is 3.25. The van der Waals surface area contributed by atoms with Gasteiger partial charge in [0, 0.05) is 23.8 Å². The number of nitrogens with two attached hydrogens (primary N) is 2. The van der Waals surface area contributed by atoms with Gasteiger partial charge in [0.15, 0.2) is 0 Å². The SMILES string of the molecule is CCc1cnc2c(C(N)=O)cccc2c1N[C@H](CN)c1ccc(OC)c(Cl)c1. The lowest BCUT2D eigenvalue weighted by molar-refractivity contribution is 0.100. The molecule has 0 saturated carbocycles. The summed E-state index contributed by atoms with van der Waals surface area (Å²) >= 11 is 6.29. The van der Waals surface area contributed by atoms with Crippen molar-refractivity contribution < 1.29 is 9.53 Å². The van der Waals surface area contributed by atoms with Gasteiger partial charge in [0.05, 0.1) is 29.3 Å². The summed E-state index contributed by atoms with van der Waals surface area (Å²) in [6, 6.07) is 10.8. The Morgan fingerprint density at radius 3 is 2.71 bits per heavy atom. The molecule has 1 heterocycles. The summed E-state index contributed by atoms with van der Waals surface area (Å²) in [5, 5.41) is 4.87. The monoisotopic (exact) mass is 398 g/mol. The van der Waals surface area contributed by atoms with Crippen molar-refractivity contribution in [2.45, 2.75) is 19.4 Å². The molecule has 1 atom stereocenters. The van der Waals surface area contributed by atoms with Crippen molar-refractivity contribution >= 4 is 34.1 Å². The zero-order valence-corrected chi connectivity index (χ0v) is 16.6. The van der Waals surface area contributed by atoms with Crippen LogP contribution in [0.3, 0.4) is 0 Å². The number of ether oxygens (including phenoxy) is 1. The Bertz CT molecular complexity index is 1020. The largest absolute Gasteiger partial charge is 0.495 e. The summed E-state index contributed by atoms with van der Waals surface area (Å²) < 4.78 is 5.23. The van der Waals surface area contributed by atoms with E-state index in [2.05, 4.69) is 10.3 Å². The molecule has 0 aliphatic heterocycles. The molecule has 0 saturated heterocycles. The van der Waals surface area contributed by atoms with Crippen LogP contribution in [-0.2, 0) is 6.42 Å². The maximum atomic E-state index is 11.8. The number of aryl methyl sites for hydroxylation is 1. The Hall–Kier alpha value is -2.83. The number of carbonyl (C=O) groups is 1. The van der Waals surface area contributed by atoms with Gasteiger partial charge in [0.2, 0.25) is 0 Å². The smallest absolute Gasteiger partial charge is 0.250 e. The first-order valence-electron chi connectivity index (χ1n) is 9.00. The van der Waals surface area contributed by atoms with E-state index < -0.39 is 5.91 Å². The molecular formula is C21H23ClN4O2. The molecule has 6 nitrogen and oxygen atoms in total. The molecule has 1 aromatic heterocycles. The molecule has 3 aromatic rings. The van der Waals surface area contributed by atoms with Gasteiger partial charge < -0.3 is 21.5 Å². The Morgan fingerprint density at radius 1 is 1.32 bits per heavy atom. The first-order chi connectivity index (χ1) is 13.5. The quantitative estimate of drug-likeness (QED) is 0.563. The fraction of sp³-hybridized carbons (Fsp3) is 0.238. The molecule has 0 unspecified atom stereocenters. The molecule has 0 aliphatic carbocycles. The second kappa shape index (κ2) is 8.46. The topological polar surface area (TPSA) is 103 Å². The number of pyridine rings is 1. The molecule has 0 spiro atoms. The van der Waals surface area contributed by atoms with E-state index in [0.29, 0.717) is 28.4 Å². The minimum Gasteiger partial charge on any atom is -0.495 e. The zero-order chi connectivity index (χ0) is 20.3. The van der Waals surface area contributed by atoms with Gasteiger partial charge in [-0.05, 0) is 35.7 Å². The van der Waals surface area contributed by atoms with E-state index in [4.69, 9.17) is 27.8 Å². The van der Waals surface area contributed by atoms with Gasteiger partial charge >= 0.3 is 0 Å². The number of rotatable bonds is 7. The third-order valence-electron chi connectivity index (χ3n) is 4.75. The van der Waals surface area contributed by atoms with Gasteiger partial charge in [-0.2, -0.15) is 0 Å². The molecular weight excluding hydrogens is 376 g/mol. The number of nitrogens with one attached hydrogen (secondary N) is 1. The summed E-state index contributed by atoms with van der Waals surface area (Å²) in [5.41, 5.74) is 15.4. The summed E-state index contributed by atoms with van der Waals surface area (Å²) in [6.07, 6.45) is 2.54. The van der Waals surface area contributed by atoms with E-state index in [1.54, 1.807) is 25.4 Å². The van der Waals surface area contributed by atoms with Crippen LogP contribution in [0.2, 0.25) is 5.02 Å². The number of benzene rings is 2. The van der Waals surface area contributed by atoms with E-state index in [0.717, 1.165) is 28.6 Å². The molecule has 0 bridgehead atoms. The van der Waals surface area contributed by atoms with Crippen LogP contribution in [0.5, 0.6) is 5.75 Å². The van der Waals surface area contributed by atoms with Crippen LogP contribution in [0.15, 0.2) is 42.6 Å². The number of aromatic nitrogens is 1. The lowest BCUT2D eigenvalue weighted by Gasteiger charge is -2.23. The number of hydrogen-bond donors (Lipinski definition) is 3. The molecule has 28 heavy (non-hydrogen) atoms. The summed E-state index contributed by atoms with van der Waals surface area (Å²) in [7, 11) is 1.58. The predicted octanol–water partition coefficient (Wildman–Crippen LogP) is 3.67. The number of halogens is 1. The van der Waals surface area contributed by atoms with E-state index >= 15 is 0 Å². The van der Waals surface area contributed by atoms with E-state index in [1.165, 1.54) is 0 Å². The number of fused-ring (bicyclic) bond motifs is 1. The van der Waals surface area contributed by atoms with Crippen molar-refractivity contribution in [2.24, 2.45) is 11.5 Å². The molecule has 0 aliphatic rings. The number of primary amides is 1. The van der Waals surface area contributed by atoms with Crippen molar-refractivity contribution in [3.8, 4) is 5.75 Å². The molecule has 2 aromatic carbocycles. The van der Waals surface area contributed by atoms with Crippen molar-refractivity contribution in [1.29, 1.82) is 0 Å². The minimum atomic E-state index is -0.509. The number of nitrogens with zero attached hydrogens (tertiary/aromatic N) is 1. The van der Waals surface area contributed by atoms with Gasteiger partial charge in [0.1, 0.15) is 5.75 Å². The molecule has 0 fully saturated rings.